The lowest BCUT2D eigenvalue weighted by molar-refractivity contribution is 0.0513. The third-order valence-corrected chi connectivity index (χ3v) is 4.60. The second kappa shape index (κ2) is 9.39. The fourth-order valence-corrected chi connectivity index (χ4v) is 3.30. The first-order valence-electron chi connectivity index (χ1n) is 9.38. The Morgan fingerprint density at radius 3 is 1.76 bits per heavy atom. The first kappa shape index (κ1) is 20.6. The Labute approximate surface area is 175 Å². The van der Waals surface area contributed by atoms with Crippen LogP contribution < -0.4 is 0 Å². The first-order valence-corrected chi connectivity index (χ1v) is 9.76. The summed E-state index contributed by atoms with van der Waals surface area (Å²) in [7, 11) is 0. The Hall–Kier alpha value is -3.11. The quantitative estimate of drug-likeness (QED) is 0.467. The van der Waals surface area contributed by atoms with Crippen molar-refractivity contribution >= 4 is 23.5 Å². The zero-order chi connectivity index (χ0) is 20.8. The molecule has 0 amide bonds. The van der Waals surface area contributed by atoms with Gasteiger partial charge in [-0.15, -0.1) is 0 Å². The smallest absolute Gasteiger partial charge is 0.338 e. The van der Waals surface area contributed by atoms with E-state index >= 15 is 0 Å². The van der Waals surface area contributed by atoms with Gasteiger partial charge in [0.2, 0.25) is 0 Å². The SMILES string of the molecule is CCOC(=O)c1cc(-c2cccc(Cl)c2)c(C(=O)OCC)cc1-c1ccccc1. The number of hydrogen-bond acceptors (Lipinski definition) is 4. The van der Waals surface area contributed by atoms with Crippen molar-refractivity contribution in [3.8, 4) is 22.3 Å². The Balaban J connectivity index is 2.30. The highest BCUT2D eigenvalue weighted by molar-refractivity contribution is 6.30. The molecule has 148 valence electrons. The van der Waals surface area contributed by atoms with Crippen LogP contribution in [0.4, 0.5) is 0 Å². The van der Waals surface area contributed by atoms with Crippen LogP contribution in [-0.2, 0) is 9.47 Å². The lowest BCUT2D eigenvalue weighted by Crippen LogP contribution is -2.11. The van der Waals surface area contributed by atoms with Gasteiger partial charge >= 0.3 is 11.9 Å². The largest absolute Gasteiger partial charge is 0.462 e. The molecule has 0 aliphatic rings. The molecule has 0 aromatic heterocycles. The summed E-state index contributed by atoms with van der Waals surface area (Å²) in [5, 5.41) is 0.530. The van der Waals surface area contributed by atoms with Crippen LogP contribution in [0, 0.1) is 0 Å². The van der Waals surface area contributed by atoms with Crippen LogP contribution in [0.2, 0.25) is 5.02 Å². The molecule has 0 saturated heterocycles. The highest BCUT2D eigenvalue weighted by Gasteiger charge is 2.22. The van der Waals surface area contributed by atoms with E-state index in [1.54, 1.807) is 44.2 Å². The number of halogens is 1. The molecule has 0 fully saturated rings. The molecule has 0 atom stereocenters. The summed E-state index contributed by atoms with van der Waals surface area (Å²) >= 11 is 6.16. The minimum absolute atomic E-state index is 0.244. The molecule has 29 heavy (non-hydrogen) atoms. The second-order valence-corrected chi connectivity index (χ2v) is 6.70. The number of hydrogen-bond donors (Lipinski definition) is 0. The molecule has 0 bridgehead atoms. The number of ether oxygens (including phenoxy) is 2. The number of benzene rings is 3. The molecule has 0 heterocycles. The Morgan fingerprint density at radius 2 is 1.24 bits per heavy atom. The lowest BCUT2D eigenvalue weighted by Gasteiger charge is -2.16. The summed E-state index contributed by atoms with van der Waals surface area (Å²) in [6, 6.07) is 19.9. The van der Waals surface area contributed by atoms with Crippen LogP contribution >= 0.6 is 11.6 Å². The molecule has 0 unspecified atom stereocenters. The first-order chi connectivity index (χ1) is 14.0. The molecule has 0 saturated carbocycles. The van der Waals surface area contributed by atoms with Gasteiger partial charge in [-0.2, -0.15) is 0 Å². The van der Waals surface area contributed by atoms with E-state index in [1.165, 1.54) is 0 Å². The average Bonchev–Trinajstić information content (AvgIpc) is 2.74. The molecule has 3 aromatic carbocycles. The molecular formula is C24H21ClO4. The fraction of sp³-hybridized carbons (Fsp3) is 0.167. The van der Waals surface area contributed by atoms with E-state index in [0.29, 0.717) is 32.8 Å². The van der Waals surface area contributed by atoms with E-state index in [-0.39, 0.29) is 13.2 Å². The van der Waals surface area contributed by atoms with Crippen LogP contribution in [0.15, 0.2) is 66.7 Å². The van der Waals surface area contributed by atoms with Crippen LogP contribution in [0.3, 0.4) is 0 Å². The molecule has 0 N–H and O–H groups in total. The molecule has 0 spiro atoms. The maximum atomic E-state index is 12.7. The van der Waals surface area contributed by atoms with Crippen molar-refractivity contribution in [3.63, 3.8) is 0 Å². The summed E-state index contributed by atoms with van der Waals surface area (Å²) in [5.41, 5.74) is 3.43. The Kier molecular flexibility index (Phi) is 6.68. The van der Waals surface area contributed by atoms with Crippen LogP contribution in [0.25, 0.3) is 22.3 Å². The highest BCUT2D eigenvalue weighted by atomic mass is 35.5. The number of rotatable bonds is 6. The van der Waals surface area contributed by atoms with Gasteiger partial charge in [-0.3, -0.25) is 0 Å². The monoisotopic (exact) mass is 408 g/mol. The summed E-state index contributed by atoms with van der Waals surface area (Å²) < 4.78 is 10.5. The van der Waals surface area contributed by atoms with Gasteiger partial charge in [0.05, 0.1) is 24.3 Å². The van der Waals surface area contributed by atoms with E-state index in [2.05, 4.69) is 0 Å². The number of carbonyl (C=O) groups excluding carboxylic acids is 2. The normalized spacial score (nSPS) is 10.4. The zero-order valence-corrected chi connectivity index (χ0v) is 17.0. The molecule has 0 radical (unpaired) electrons. The lowest BCUT2D eigenvalue weighted by atomic mass is 9.90. The van der Waals surface area contributed by atoms with Crippen molar-refractivity contribution in [2.24, 2.45) is 0 Å². The van der Waals surface area contributed by atoms with Crippen molar-refractivity contribution in [2.45, 2.75) is 13.8 Å². The molecule has 0 aliphatic heterocycles. The predicted molar refractivity (Wildman–Crippen MR) is 114 cm³/mol. The molecule has 0 aliphatic carbocycles. The third-order valence-electron chi connectivity index (χ3n) is 4.37. The Morgan fingerprint density at radius 1 is 0.724 bits per heavy atom. The summed E-state index contributed by atoms with van der Waals surface area (Å²) in [5.74, 6) is -0.917. The summed E-state index contributed by atoms with van der Waals surface area (Å²) in [6.45, 7) is 4.00. The molecule has 3 rings (SSSR count). The molecular weight excluding hydrogens is 388 g/mol. The topological polar surface area (TPSA) is 52.6 Å². The van der Waals surface area contributed by atoms with Crippen molar-refractivity contribution in [2.75, 3.05) is 13.2 Å². The summed E-state index contributed by atoms with van der Waals surface area (Å²) in [6.07, 6.45) is 0. The van der Waals surface area contributed by atoms with Gasteiger partial charge in [-0.25, -0.2) is 9.59 Å². The van der Waals surface area contributed by atoms with E-state index in [4.69, 9.17) is 21.1 Å². The standard InChI is InChI=1S/C24H21ClO4/c1-3-28-23(26)21-15-20(17-11-8-12-18(25)13-17)22(24(27)29-4-2)14-19(21)16-9-6-5-7-10-16/h5-15H,3-4H2,1-2H3. The average molecular weight is 409 g/mol. The molecule has 4 nitrogen and oxygen atoms in total. The van der Waals surface area contributed by atoms with Gasteiger partial charge in [0.1, 0.15) is 0 Å². The zero-order valence-electron chi connectivity index (χ0n) is 16.3. The number of carbonyl (C=O) groups is 2. The van der Waals surface area contributed by atoms with Gasteiger partial charge in [0.15, 0.2) is 0 Å². The maximum absolute atomic E-state index is 12.7. The summed E-state index contributed by atoms with van der Waals surface area (Å²) in [4.78, 5) is 25.5. The van der Waals surface area contributed by atoms with E-state index in [0.717, 1.165) is 5.56 Å². The van der Waals surface area contributed by atoms with Gasteiger partial charge in [0.25, 0.3) is 0 Å². The third kappa shape index (κ3) is 4.66. The highest BCUT2D eigenvalue weighted by Crippen LogP contribution is 2.34. The van der Waals surface area contributed by atoms with Crippen molar-refractivity contribution < 1.29 is 19.1 Å². The maximum Gasteiger partial charge on any atom is 0.338 e. The molecule has 5 heteroatoms. The van der Waals surface area contributed by atoms with Crippen molar-refractivity contribution in [3.05, 3.63) is 82.9 Å². The second-order valence-electron chi connectivity index (χ2n) is 6.26. The van der Waals surface area contributed by atoms with E-state index < -0.39 is 11.9 Å². The van der Waals surface area contributed by atoms with Crippen LogP contribution in [-0.4, -0.2) is 25.2 Å². The van der Waals surface area contributed by atoms with E-state index in [9.17, 15) is 9.59 Å². The Bertz CT molecular complexity index is 1030. The molecule has 3 aromatic rings. The number of esters is 2. The van der Waals surface area contributed by atoms with Gasteiger partial charge < -0.3 is 9.47 Å². The van der Waals surface area contributed by atoms with E-state index in [1.807, 2.05) is 36.4 Å². The van der Waals surface area contributed by atoms with Crippen molar-refractivity contribution in [1.29, 1.82) is 0 Å². The minimum Gasteiger partial charge on any atom is -0.462 e. The predicted octanol–water partition coefficient (Wildman–Crippen LogP) is 6.03. The van der Waals surface area contributed by atoms with Crippen LogP contribution in [0.1, 0.15) is 34.6 Å². The van der Waals surface area contributed by atoms with Crippen molar-refractivity contribution in [1.82, 2.24) is 0 Å². The van der Waals surface area contributed by atoms with Crippen LogP contribution in [0.5, 0.6) is 0 Å². The minimum atomic E-state index is -0.463. The van der Waals surface area contributed by atoms with Gasteiger partial charge in [-0.1, -0.05) is 54.1 Å². The fourth-order valence-electron chi connectivity index (χ4n) is 3.11. The van der Waals surface area contributed by atoms with Gasteiger partial charge in [-0.05, 0) is 60.4 Å². The van der Waals surface area contributed by atoms with Gasteiger partial charge in [0, 0.05) is 5.02 Å².